The van der Waals surface area contributed by atoms with Gasteiger partial charge in [-0.15, -0.1) is 0 Å². The molecule has 36 heavy (non-hydrogen) atoms. The van der Waals surface area contributed by atoms with E-state index in [-0.39, 0.29) is 18.8 Å². The van der Waals surface area contributed by atoms with E-state index >= 15 is 0 Å². The number of rotatable bonds is 7. The SMILES string of the molecule is N#CC1([C@H](c2cnn3cc([C@@H](N)C4CCC(F)(F)CC4)nc3c2)C(C(N)=O)C2CC(F)(F)C2)CCC1. The largest absolute Gasteiger partial charge is 0.369 e. The molecule has 0 bridgehead atoms. The zero-order valence-electron chi connectivity index (χ0n) is 19.8. The van der Waals surface area contributed by atoms with Crippen molar-refractivity contribution in [2.75, 3.05) is 0 Å². The van der Waals surface area contributed by atoms with Crippen molar-refractivity contribution in [3.63, 3.8) is 0 Å². The minimum absolute atomic E-state index is 0.127. The van der Waals surface area contributed by atoms with Crippen molar-refractivity contribution in [2.45, 2.75) is 81.6 Å². The summed E-state index contributed by atoms with van der Waals surface area (Å²) in [4.78, 5) is 17.2. The van der Waals surface area contributed by atoms with Crippen LogP contribution < -0.4 is 11.5 Å². The van der Waals surface area contributed by atoms with Crippen molar-refractivity contribution < 1.29 is 22.4 Å². The average molecular weight is 507 g/mol. The number of nitriles is 1. The van der Waals surface area contributed by atoms with E-state index in [0.29, 0.717) is 42.6 Å². The quantitative estimate of drug-likeness (QED) is 0.536. The molecule has 7 nitrogen and oxygen atoms in total. The van der Waals surface area contributed by atoms with Gasteiger partial charge in [0, 0.05) is 37.5 Å². The van der Waals surface area contributed by atoms with Crippen LogP contribution in [0.5, 0.6) is 0 Å². The number of halogens is 4. The summed E-state index contributed by atoms with van der Waals surface area (Å²) < 4.78 is 56.1. The van der Waals surface area contributed by atoms with Crippen LogP contribution in [0.4, 0.5) is 17.6 Å². The van der Waals surface area contributed by atoms with Crippen LogP contribution in [0.1, 0.15) is 81.0 Å². The molecule has 2 aromatic heterocycles. The van der Waals surface area contributed by atoms with Gasteiger partial charge >= 0.3 is 0 Å². The van der Waals surface area contributed by atoms with Crippen molar-refractivity contribution in [1.29, 1.82) is 5.26 Å². The number of fused-ring (bicyclic) bond motifs is 1. The Morgan fingerprint density at radius 2 is 1.78 bits per heavy atom. The van der Waals surface area contributed by atoms with E-state index in [1.54, 1.807) is 18.5 Å². The smallest absolute Gasteiger partial charge is 0.248 e. The van der Waals surface area contributed by atoms with Crippen LogP contribution in [0, 0.1) is 34.5 Å². The highest BCUT2D eigenvalue weighted by molar-refractivity contribution is 5.79. The number of primary amides is 1. The maximum atomic E-state index is 13.7. The average Bonchev–Trinajstić information content (AvgIpc) is 3.19. The Balaban J connectivity index is 1.47. The highest BCUT2D eigenvalue weighted by atomic mass is 19.3. The van der Waals surface area contributed by atoms with Gasteiger partial charge in [-0.25, -0.2) is 27.1 Å². The van der Waals surface area contributed by atoms with Gasteiger partial charge in [-0.3, -0.25) is 4.79 Å². The number of amides is 1. The number of hydrogen-bond acceptors (Lipinski definition) is 5. The summed E-state index contributed by atoms with van der Waals surface area (Å²) in [5, 5.41) is 14.5. The van der Waals surface area contributed by atoms with E-state index in [2.05, 4.69) is 16.2 Å². The topological polar surface area (TPSA) is 123 Å². The Bertz CT molecular complexity index is 1180. The monoisotopic (exact) mass is 506 g/mol. The molecule has 0 saturated heterocycles. The zero-order chi connectivity index (χ0) is 25.9. The molecule has 0 radical (unpaired) electrons. The zero-order valence-corrected chi connectivity index (χ0v) is 19.8. The summed E-state index contributed by atoms with van der Waals surface area (Å²) >= 11 is 0. The molecule has 2 aromatic rings. The summed E-state index contributed by atoms with van der Waals surface area (Å²) in [6, 6.07) is 3.54. The molecule has 2 heterocycles. The number of carbonyl (C=O) groups excluding carboxylic acids is 1. The summed E-state index contributed by atoms with van der Waals surface area (Å²) in [6.07, 6.45) is 4.43. The minimum atomic E-state index is -2.83. The summed E-state index contributed by atoms with van der Waals surface area (Å²) in [7, 11) is 0. The number of alkyl halides is 4. The molecule has 3 fully saturated rings. The van der Waals surface area contributed by atoms with E-state index in [0.717, 1.165) is 6.42 Å². The Labute approximate surface area is 206 Å². The summed E-state index contributed by atoms with van der Waals surface area (Å²) in [6.45, 7) is 0. The third-order valence-corrected chi connectivity index (χ3v) is 8.71. The fraction of sp³-hybridized carbons (Fsp3) is 0.680. The fourth-order valence-electron chi connectivity index (χ4n) is 6.45. The van der Waals surface area contributed by atoms with Gasteiger partial charge in [-0.2, -0.15) is 10.4 Å². The molecule has 0 spiro atoms. The first-order chi connectivity index (χ1) is 16.9. The van der Waals surface area contributed by atoms with Crippen molar-refractivity contribution >= 4 is 11.6 Å². The van der Waals surface area contributed by atoms with Gasteiger partial charge in [0.1, 0.15) is 0 Å². The second-order valence-corrected chi connectivity index (χ2v) is 11.0. The normalized spacial score (nSPS) is 25.8. The molecule has 3 aliphatic rings. The first-order valence-corrected chi connectivity index (χ1v) is 12.5. The van der Waals surface area contributed by atoms with Crippen LogP contribution in [-0.2, 0) is 4.79 Å². The summed E-state index contributed by atoms with van der Waals surface area (Å²) in [5.74, 6) is -8.52. The third kappa shape index (κ3) is 4.33. The van der Waals surface area contributed by atoms with E-state index in [1.807, 2.05) is 0 Å². The molecular formula is C25H30F4N6O. The molecule has 3 aliphatic carbocycles. The Morgan fingerprint density at radius 3 is 2.31 bits per heavy atom. The van der Waals surface area contributed by atoms with Gasteiger partial charge in [-0.05, 0) is 49.1 Å². The number of imidazole rings is 1. The number of hydrogen-bond donors (Lipinski definition) is 2. The van der Waals surface area contributed by atoms with Crippen molar-refractivity contribution in [3.05, 3.63) is 29.7 Å². The second-order valence-electron chi connectivity index (χ2n) is 11.0. The van der Waals surface area contributed by atoms with Crippen molar-refractivity contribution in [3.8, 4) is 6.07 Å². The lowest BCUT2D eigenvalue weighted by Crippen LogP contribution is -2.51. The Morgan fingerprint density at radius 1 is 1.11 bits per heavy atom. The number of carbonyl (C=O) groups is 1. The minimum Gasteiger partial charge on any atom is -0.369 e. The fourth-order valence-corrected chi connectivity index (χ4v) is 6.45. The molecule has 0 aliphatic heterocycles. The van der Waals surface area contributed by atoms with Crippen LogP contribution >= 0.6 is 0 Å². The first kappa shape index (κ1) is 24.9. The second kappa shape index (κ2) is 8.68. The van der Waals surface area contributed by atoms with E-state index < -0.39 is 59.8 Å². The van der Waals surface area contributed by atoms with Crippen molar-refractivity contribution in [1.82, 2.24) is 14.6 Å². The van der Waals surface area contributed by atoms with Crippen LogP contribution in [0.2, 0.25) is 0 Å². The molecule has 3 atom stereocenters. The molecule has 1 amide bonds. The van der Waals surface area contributed by atoms with E-state index in [4.69, 9.17) is 11.5 Å². The number of nitrogens with zero attached hydrogens (tertiary/aromatic N) is 4. The molecule has 11 heteroatoms. The van der Waals surface area contributed by atoms with Gasteiger partial charge < -0.3 is 11.5 Å². The molecule has 5 rings (SSSR count). The molecule has 4 N–H and O–H groups in total. The molecule has 1 unspecified atom stereocenters. The first-order valence-electron chi connectivity index (χ1n) is 12.5. The highest BCUT2D eigenvalue weighted by Gasteiger charge is 2.57. The lowest BCUT2D eigenvalue weighted by atomic mass is 9.53. The molecule has 0 aromatic carbocycles. The van der Waals surface area contributed by atoms with Gasteiger partial charge in [-0.1, -0.05) is 6.42 Å². The van der Waals surface area contributed by atoms with Crippen LogP contribution in [0.25, 0.3) is 5.65 Å². The van der Waals surface area contributed by atoms with Crippen LogP contribution in [-0.4, -0.2) is 32.4 Å². The summed E-state index contributed by atoms with van der Waals surface area (Å²) in [5.41, 5.74) is 12.8. The van der Waals surface area contributed by atoms with E-state index in [1.165, 1.54) is 4.52 Å². The standard InChI is InChI=1S/C25H30F4N6O/c26-24(27)6-2-14(3-7-24)21(31)17-12-35-18(34-17)8-15(11-33-35)20(23(13-30)4-1-5-23)19(22(32)36)16-9-25(28,29)10-16/h8,11-12,14,16,19-21H,1-7,9-10,31H2,(H2,32,36)/t19?,20-,21+/m1/s1. The third-order valence-electron chi connectivity index (χ3n) is 8.71. The maximum Gasteiger partial charge on any atom is 0.248 e. The van der Waals surface area contributed by atoms with E-state index in [9.17, 15) is 27.6 Å². The maximum absolute atomic E-state index is 13.7. The van der Waals surface area contributed by atoms with Crippen LogP contribution in [0.15, 0.2) is 18.5 Å². The molecular weight excluding hydrogens is 476 g/mol. The number of aromatic nitrogens is 3. The molecule has 3 saturated carbocycles. The van der Waals surface area contributed by atoms with Gasteiger partial charge in [0.15, 0.2) is 5.65 Å². The van der Waals surface area contributed by atoms with Crippen LogP contribution in [0.3, 0.4) is 0 Å². The van der Waals surface area contributed by atoms with Crippen molar-refractivity contribution in [2.24, 2.45) is 34.6 Å². The predicted molar refractivity (Wildman–Crippen MR) is 122 cm³/mol. The van der Waals surface area contributed by atoms with Gasteiger partial charge in [0.25, 0.3) is 0 Å². The number of nitrogens with two attached hydrogens (primary N) is 2. The molecule has 194 valence electrons. The lowest BCUT2D eigenvalue weighted by Gasteiger charge is -2.49. The predicted octanol–water partition coefficient (Wildman–Crippen LogP) is 4.48. The Kier molecular flexibility index (Phi) is 6.01. The Hall–Kier alpha value is -2.74. The highest BCUT2D eigenvalue weighted by Crippen LogP contribution is 2.59. The lowest BCUT2D eigenvalue weighted by molar-refractivity contribution is -0.150. The van der Waals surface area contributed by atoms with Gasteiger partial charge in [0.05, 0.1) is 35.6 Å². The van der Waals surface area contributed by atoms with Gasteiger partial charge in [0.2, 0.25) is 17.8 Å².